The first-order chi connectivity index (χ1) is 7.66. The zero-order valence-electron chi connectivity index (χ0n) is 9.27. The molecule has 0 aliphatic carbocycles. The van der Waals surface area contributed by atoms with E-state index in [2.05, 4.69) is 6.58 Å². The van der Waals surface area contributed by atoms with Crippen molar-refractivity contribution in [1.82, 2.24) is 0 Å². The molecule has 0 saturated carbocycles. The molecule has 1 aromatic rings. The van der Waals surface area contributed by atoms with Crippen molar-refractivity contribution in [2.75, 3.05) is 0 Å². The Kier molecular flexibility index (Phi) is 2.91. The first-order valence-corrected chi connectivity index (χ1v) is 5.29. The lowest BCUT2D eigenvalue weighted by atomic mass is 10.0. The number of carbonyl (C=O) groups is 1. The maximum absolute atomic E-state index is 11.6. The van der Waals surface area contributed by atoms with E-state index in [1.807, 2.05) is 43.3 Å². The summed E-state index contributed by atoms with van der Waals surface area (Å²) in [6, 6.07) is 9.78. The SMILES string of the molecule is C=C(C)C1C/C(=C\c2ccccc2)C(=O)O1. The number of esters is 1. The fraction of sp³-hybridized carbons (Fsp3) is 0.214. The van der Waals surface area contributed by atoms with Crippen molar-refractivity contribution in [3.05, 3.63) is 53.6 Å². The first kappa shape index (κ1) is 10.7. The topological polar surface area (TPSA) is 26.3 Å². The van der Waals surface area contributed by atoms with Gasteiger partial charge in [-0.2, -0.15) is 0 Å². The number of ether oxygens (including phenoxy) is 1. The molecule has 0 aromatic heterocycles. The maximum atomic E-state index is 11.6. The second kappa shape index (κ2) is 4.35. The monoisotopic (exact) mass is 214 g/mol. The van der Waals surface area contributed by atoms with E-state index in [1.165, 1.54) is 0 Å². The molecule has 0 spiro atoms. The first-order valence-electron chi connectivity index (χ1n) is 5.29. The average molecular weight is 214 g/mol. The van der Waals surface area contributed by atoms with Crippen molar-refractivity contribution in [2.24, 2.45) is 0 Å². The zero-order chi connectivity index (χ0) is 11.5. The van der Waals surface area contributed by atoms with Gasteiger partial charge in [-0.3, -0.25) is 0 Å². The van der Waals surface area contributed by atoms with Crippen LogP contribution in [0.2, 0.25) is 0 Å². The number of rotatable bonds is 2. The molecule has 1 aliphatic rings. The molecule has 1 saturated heterocycles. The van der Waals surface area contributed by atoms with Crippen LogP contribution in [0.1, 0.15) is 18.9 Å². The fourth-order valence-electron chi connectivity index (χ4n) is 1.67. The van der Waals surface area contributed by atoms with Gasteiger partial charge >= 0.3 is 5.97 Å². The largest absolute Gasteiger partial charge is 0.454 e. The lowest BCUT2D eigenvalue weighted by Crippen LogP contribution is -2.06. The van der Waals surface area contributed by atoms with Crippen LogP contribution >= 0.6 is 0 Å². The minimum Gasteiger partial charge on any atom is -0.454 e. The van der Waals surface area contributed by atoms with Crippen molar-refractivity contribution < 1.29 is 9.53 Å². The number of hydrogen-bond acceptors (Lipinski definition) is 2. The van der Waals surface area contributed by atoms with Gasteiger partial charge in [0.15, 0.2) is 0 Å². The van der Waals surface area contributed by atoms with Gasteiger partial charge in [0.25, 0.3) is 0 Å². The summed E-state index contributed by atoms with van der Waals surface area (Å²) >= 11 is 0. The second-order valence-electron chi connectivity index (χ2n) is 4.02. The molecule has 1 heterocycles. The summed E-state index contributed by atoms with van der Waals surface area (Å²) in [6.07, 6.45) is 2.36. The van der Waals surface area contributed by atoms with Crippen LogP contribution in [0, 0.1) is 0 Å². The molecule has 0 N–H and O–H groups in total. The molecule has 82 valence electrons. The fourth-order valence-corrected chi connectivity index (χ4v) is 1.67. The summed E-state index contributed by atoms with van der Waals surface area (Å²) in [5, 5.41) is 0. The Morgan fingerprint density at radius 1 is 1.44 bits per heavy atom. The van der Waals surface area contributed by atoms with Crippen molar-refractivity contribution in [2.45, 2.75) is 19.4 Å². The molecular weight excluding hydrogens is 200 g/mol. The summed E-state index contributed by atoms with van der Waals surface area (Å²) in [6.45, 7) is 5.69. The highest BCUT2D eigenvalue weighted by atomic mass is 16.5. The van der Waals surface area contributed by atoms with Gasteiger partial charge in [-0.15, -0.1) is 0 Å². The molecule has 1 unspecified atom stereocenters. The molecule has 1 aliphatic heterocycles. The quantitative estimate of drug-likeness (QED) is 0.430. The van der Waals surface area contributed by atoms with E-state index in [-0.39, 0.29) is 12.1 Å². The van der Waals surface area contributed by atoms with Crippen LogP contribution in [-0.4, -0.2) is 12.1 Å². The Morgan fingerprint density at radius 3 is 2.69 bits per heavy atom. The second-order valence-corrected chi connectivity index (χ2v) is 4.02. The minimum atomic E-state index is -0.225. The van der Waals surface area contributed by atoms with E-state index < -0.39 is 0 Å². The Morgan fingerprint density at radius 2 is 2.12 bits per heavy atom. The van der Waals surface area contributed by atoms with Gasteiger partial charge in [-0.05, 0) is 24.1 Å². The summed E-state index contributed by atoms with van der Waals surface area (Å²) < 4.78 is 5.20. The summed E-state index contributed by atoms with van der Waals surface area (Å²) in [4.78, 5) is 11.6. The number of cyclic esters (lactones) is 1. The van der Waals surface area contributed by atoms with Crippen LogP contribution in [0.4, 0.5) is 0 Å². The molecule has 16 heavy (non-hydrogen) atoms. The van der Waals surface area contributed by atoms with Gasteiger partial charge in [0.1, 0.15) is 6.10 Å². The van der Waals surface area contributed by atoms with Gasteiger partial charge in [0, 0.05) is 12.0 Å². The molecule has 0 amide bonds. The standard InChI is InChI=1S/C14H14O2/c1-10(2)13-9-12(14(15)16-13)8-11-6-4-3-5-7-11/h3-8,13H,1,9H2,2H3/b12-8+. The molecule has 0 radical (unpaired) electrons. The third-order valence-corrected chi connectivity index (χ3v) is 2.61. The van der Waals surface area contributed by atoms with Crippen molar-refractivity contribution in [3.8, 4) is 0 Å². The van der Waals surface area contributed by atoms with Gasteiger partial charge in [-0.25, -0.2) is 4.79 Å². The normalized spacial score (nSPS) is 22.2. The van der Waals surface area contributed by atoms with Crippen LogP contribution in [-0.2, 0) is 9.53 Å². The highest BCUT2D eigenvalue weighted by molar-refractivity contribution is 5.95. The van der Waals surface area contributed by atoms with E-state index in [0.717, 1.165) is 16.7 Å². The van der Waals surface area contributed by atoms with Gasteiger partial charge in [0.2, 0.25) is 0 Å². The Labute approximate surface area is 95.2 Å². The van der Waals surface area contributed by atoms with Crippen LogP contribution in [0.3, 0.4) is 0 Å². The number of benzene rings is 1. The maximum Gasteiger partial charge on any atom is 0.334 e. The molecule has 0 bridgehead atoms. The molecule has 2 nitrogen and oxygen atoms in total. The lowest BCUT2D eigenvalue weighted by Gasteiger charge is -2.05. The van der Waals surface area contributed by atoms with E-state index in [4.69, 9.17) is 4.74 Å². The molecule has 1 aromatic carbocycles. The van der Waals surface area contributed by atoms with Crippen LogP contribution in [0.15, 0.2) is 48.1 Å². The van der Waals surface area contributed by atoms with Crippen molar-refractivity contribution in [1.29, 1.82) is 0 Å². The smallest absolute Gasteiger partial charge is 0.334 e. The molecule has 2 heteroatoms. The van der Waals surface area contributed by atoms with E-state index in [9.17, 15) is 4.79 Å². The van der Waals surface area contributed by atoms with Crippen LogP contribution < -0.4 is 0 Å². The van der Waals surface area contributed by atoms with Crippen LogP contribution in [0.5, 0.6) is 0 Å². The third-order valence-electron chi connectivity index (χ3n) is 2.61. The predicted octanol–water partition coefficient (Wildman–Crippen LogP) is 2.96. The Hall–Kier alpha value is -1.83. The molecule has 1 atom stereocenters. The summed E-state index contributed by atoms with van der Waals surface area (Å²) in [5.74, 6) is -0.225. The van der Waals surface area contributed by atoms with E-state index >= 15 is 0 Å². The van der Waals surface area contributed by atoms with Crippen LogP contribution in [0.25, 0.3) is 6.08 Å². The highest BCUT2D eigenvalue weighted by Gasteiger charge is 2.28. The lowest BCUT2D eigenvalue weighted by molar-refractivity contribution is -0.137. The minimum absolute atomic E-state index is 0.150. The van der Waals surface area contributed by atoms with Gasteiger partial charge in [0.05, 0.1) is 0 Å². The molecule has 2 rings (SSSR count). The summed E-state index contributed by atoms with van der Waals surface area (Å²) in [5.41, 5.74) is 2.64. The Bertz CT molecular complexity index is 443. The average Bonchev–Trinajstić information content (AvgIpc) is 2.62. The van der Waals surface area contributed by atoms with E-state index in [0.29, 0.717) is 6.42 Å². The summed E-state index contributed by atoms with van der Waals surface area (Å²) in [7, 11) is 0. The number of carbonyl (C=O) groups excluding carboxylic acids is 1. The zero-order valence-corrected chi connectivity index (χ0v) is 9.27. The predicted molar refractivity (Wildman–Crippen MR) is 63.7 cm³/mol. The number of hydrogen-bond donors (Lipinski definition) is 0. The highest BCUT2D eigenvalue weighted by Crippen LogP contribution is 2.26. The van der Waals surface area contributed by atoms with Gasteiger partial charge in [-0.1, -0.05) is 36.9 Å². The molecular formula is C14H14O2. The van der Waals surface area contributed by atoms with Gasteiger partial charge < -0.3 is 4.74 Å². The van der Waals surface area contributed by atoms with E-state index in [1.54, 1.807) is 0 Å². The molecule has 1 fully saturated rings. The Balaban J connectivity index is 2.20. The third kappa shape index (κ3) is 2.22. The van der Waals surface area contributed by atoms with Crippen molar-refractivity contribution >= 4 is 12.0 Å². The van der Waals surface area contributed by atoms with Crippen molar-refractivity contribution in [3.63, 3.8) is 0 Å².